The first kappa shape index (κ1) is 31.6. The molecule has 0 unspecified atom stereocenters. The Labute approximate surface area is 265 Å². The highest BCUT2D eigenvalue weighted by molar-refractivity contribution is 5.99. The monoisotopic (exact) mass is 609 g/mol. The van der Waals surface area contributed by atoms with Crippen LogP contribution in [-0.4, -0.2) is 53.9 Å². The average Bonchev–Trinajstić information content (AvgIpc) is 3.46. The van der Waals surface area contributed by atoms with Crippen LogP contribution in [0.5, 0.6) is 11.5 Å². The van der Waals surface area contributed by atoms with Crippen LogP contribution in [0.25, 0.3) is 5.69 Å². The van der Waals surface area contributed by atoms with Crippen molar-refractivity contribution in [3.05, 3.63) is 95.2 Å². The summed E-state index contributed by atoms with van der Waals surface area (Å²) >= 11 is 0. The van der Waals surface area contributed by atoms with Crippen LogP contribution in [0.15, 0.2) is 72.8 Å². The minimum absolute atomic E-state index is 0.0329. The Hall–Kier alpha value is -4.79. The number of hydrogen-bond donors (Lipinski definition) is 2. The number of likely N-dealkylation sites (tertiary alicyclic amines) is 1. The highest BCUT2D eigenvalue weighted by Gasteiger charge is 2.27. The number of carbonyl (C=O) groups is 2. The lowest BCUT2D eigenvalue weighted by Gasteiger charge is -2.32. The third kappa shape index (κ3) is 7.48. The van der Waals surface area contributed by atoms with E-state index >= 15 is 0 Å². The molecule has 1 fully saturated rings. The predicted molar refractivity (Wildman–Crippen MR) is 178 cm³/mol. The van der Waals surface area contributed by atoms with E-state index < -0.39 is 0 Å². The maximum Gasteiger partial charge on any atom is 0.324 e. The topological polar surface area (TPSA) is 97.7 Å². The highest BCUT2D eigenvalue weighted by atomic mass is 16.5. The van der Waals surface area contributed by atoms with E-state index in [1.807, 2.05) is 60.4 Å². The van der Waals surface area contributed by atoms with Crippen molar-refractivity contribution in [2.24, 2.45) is 5.92 Å². The number of piperidine rings is 1. The van der Waals surface area contributed by atoms with Crippen molar-refractivity contribution in [2.45, 2.75) is 52.4 Å². The first-order chi connectivity index (χ1) is 21.5. The predicted octanol–water partition coefficient (Wildman–Crippen LogP) is 7.23. The largest absolute Gasteiger partial charge is 0.493 e. The molecule has 0 aliphatic carbocycles. The van der Waals surface area contributed by atoms with E-state index in [2.05, 4.69) is 43.5 Å². The van der Waals surface area contributed by atoms with Gasteiger partial charge in [0.05, 0.1) is 31.2 Å². The molecule has 2 N–H and O–H groups in total. The van der Waals surface area contributed by atoms with Gasteiger partial charge >= 0.3 is 6.03 Å². The lowest BCUT2D eigenvalue weighted by molar-refractivity contribution is 0.0686. The van der Waals surface area contributed by atoms with Crippen LogP contribution in [0, 0.1) is 12.8 Å². The lowest BCUT2D eigenvalue weighted by atomic mass is 9.90. The summed E-state index contributed by atoms with van der Waals surface area (Å²) in [5, 5.41) is 10.7. The van der Waals surface area contributed by atoms with Gasteiger partial charge in [0.15, 0.2) is 11.5 Å². The van der Waals surface area contributed by atoms with Gasteiger partial charge in [0.1, 0.15) is 5.82 Å². The van der Waals surface area contributed by atoms with Gasteiger partial charge in [0.25, 0.3) is 5.91 Å². The number of methoxy groups -OCH3 is 2. The Bertz CT molecular complexity index is 1630. The third-order valence-electron chi connectivity index (χ3n) is 8.27. The molecule has 4 aromatic rings. The number of urea groups is 1. The van der Waals surface area contributed by atoms with Crippen LogP contribution in [0.3, 0.4) is 0 Å². The van der Waals surface area contributed by atoms with Crippen LogP contribution < -0.4 is 20.1 Å². The lowest BCUT2D eigenvalue weighted by Crippen LogP contribution is -2.39. The van der Waals surface area contributed by atoms with Gasteiger partial charge in [-0.25, -0.2) is 9.48 Å². The summed E-state index contributed by atoms with van der Waals surface area (Å²) in [6.45, 7) is 9.73. The molecular weight excluding hydrogens is 566 g/mol. The number of aromatic nitrogens is 2. The number of anilines is 2. The minimum Gasteiger partial charge on any atom is -0.493 e. The van der Waals surface area contributed by atoms with Crippen LogP contribution >= 0.6 is 0 Å². The van der Waals surface area contributed by atoms with E-state index in [4.69, 9.17) is 14.6 Å². The average molecular weight is 610 g/mol. The summed E-state index contributed by atoms with van der Waals surface area (Å²) in [6.07, 6.45) is 2.76. The SMILES string of the molecule is COc1cccc(C(=O)N2CCC(Cc3ccc(NC(=O)Nc4cc(C(C)(C)C)nn4-c4ccc(C)cc4)cc3)CC2)c1OC. The van der Waals surface area contributed by atoms with Crippen molar-refractivity contribution in [2.75, 3.05) is 37.9 Å². The Morgan fingerprint density at radius 2 is 1.60 bits per heavy atom. The summed E-state index contributed by atoms with van der Waals surface area (Å²) in [4.78, 5) is 28.2. The number of rotatable bonds is 8. The van der Waals surface area contributed by atoms with Crippen LogP contribution in [0.2, 0.25) is 0 Å². The number of nitrogens with zero attached hydrogens (tertiary/aromatic N) is 3. The van der Waals surface area contributed by atoms with Gasteiger partial charge in [0.2, 0.25) is 0 Å². The number of para-hydroxylation sites is 1. The number of ether oxygens (including phenoxy) is 2. The molecule has 0 saturated carbocycles. The quantitative estimate of drug-likeness (QED) is 0.220. The van der Waals surface area contributed by atoms with Crippen molar-refractivity contribution in [1.82, 2.24) is 14.7 Å². The first-order valence-corrected chi connectivity index (χ1v) is 15.4. The molecule has 0 radical (unpaired) electrons. The van der Waals surface area contributed by atoms with E-state index in [0.29, 0.717) is 47.6 Å². The van der Waals surface area contributed by atoms with E-state index in [-0.39, 0.29) is 17.4 Å². The summed E-state index contributed by atoms with van der Waals surface area (Å²) < 4.78 is 12.6. The molecule has 9 nitrogen and oxygen atoms in total. The second kappa shape index (κ2) is 13.5. The molecule has 236 valence electrons. The second-order valence-electron chi connectivity index (χ2n) is 12.7. The van der Waals surface area contributed by atoms with Crippen LogP contribution in [-0.2, 0) is 11.8 Å². The Balaban J connectivity index is 1.16. The zero-order valence-corrected chi connectivity index (χ0v) is 27.0. The molecule has 0 atom stereocenters. The van der Waals surface area contributed by atoms with Crippen molar-refractivity contribution >= 4 is 23.4 Å². The van der Waals surface area contributed by atoms with Crippen LogP contribution in [0.4, 0.5) is 16.3 Å². The van der Waals surface area contributed by atoms with Gasteiger partial charge in [-0.1, -0.05) is 56.7 Å². The molecule has 0 spiro atoms. The molecule has 3 aromatic carbocycles. The van der Waals surface area contributed by atoms with E-state index in [0.717, 1.165) is 36.2 Å². The first-order valence-electron chi connectivity index (χ1n) is 15.4. The molecule has 1 aliphatic heterocycles. The zero-order valence-electron chi connectivity index (χ0n) is 27.0. The second-order valence-corrected chi connectivity index (χ2v) is 12.7. The maximum absolute atomic E-state index is 13.2. The number of nitrogens with one attached hydrogen (secondary N) is 2. The molecular formula is C36H43N5O4. The Morgan fingerprint density at radius 1 is 0.911 bits per heavy atom. The standard InChI is InChI=1S/C36H43N5O4/c1-24-10-16-28(17-11-24)41-32(23-31(39-41)36(2,3)4)38-35(43)37-27-14-12-25(13-15-27)22-26-18-20-40(21-19-26)34(42)29-8-7-9-30(44-5)33(29)45-6/h7-17,23,26H,18-22H2,1-6H3,(H2,37,38,43). The van der Waals surface area contributed by atoms with Crippen molar-refractivity contribution in [1.29, 1.82) is 0 Å². The Kier molecular flexibility index (Phi) is 9.46. The maximum atomic E-state index is 13.2. The molecule has 9 heteroatoms. The molecule has 45 heavy (non-hydrogen) atoms. The number of carbonyl (C=O) groups excluding carboxylic acids is 2. The molecule has 3 amide bonds. The molecule has 1 saturated heterocycles. The van der Waals surface area contributed by atoms with Crippen LogP contribution in [0.1, 0.15) is 60.8 Å². The van der Waals surface area contributed by atoms with Gasteiger partial charge in [-0.2, -0.15) is 5.10 Å². The van der Waals surface area contributed by atoms with Gasteiger partial charge in [0, 0.05) is 30.3 Å². The summed E-state index contributed by atoms with van der Waals surface area (Å²) in [5.41, 5.74) is 5.19. The summed E-state index contributed by atoms with van der Waals surface area (Å²) in [7, 11) is 3.12. The third-order valence-corrected chi connectivity index (χ3v) is 8.27. The normalized spacial score (nSPS) is 13.8. The molecule has 0 bridgehead atoms. The highest BCUT2D eigenvalue weighted by Crippen LogP contribution is 2.33. The van der Waals surface area contributed by atoms with Crippen molar-refractivity contribution in [3.8, 4) is 17.2 Å². The minimum atomic E-state index is -0.332. The molecule has 1 aliphatic rings. The van der Waals surface area contributed by atoms with Gasteiger partial charge in [-0.15, -0.1) is 0 Å². The molecule has 2 heterocycles. The molecule has 1 aromatic heterocycles. The van der Waals surface area contributed by atoms with Gasteiger partial charge < -0.3 is 19.7 Å². The van der Waals surface area contributed by atoms with E-state index in [1.165, 1.54) is 5.56 Å². The fourth-order valence-electron chi connectivity index (χ4n) is 5.62. The Morgan fingerprint density at radius 3 is 2.22 bits per heavy atom. The summed E-state index contributed by atoms with van der Waals surface area (Å²) in [6, 6.07) is 23.0. The fourth-order valence-corrected chi connectivity index (χ4v) is 5.62. The number of benzene rings is 3. The smallest absolute Gasteiger partial charge is 0.324 e. The van der Waals surface area contributed by atoms with Gasteiger partial charge in [-0.3, -0.25) is 10.1 Å². The van der Waals surface area contributed by atoms with Crippen molar-refractivity contribution in [3.63, 3.8) is 0 Å². The molecule has 5 rings (SSSR count). The fraction of sp³-hybridized carbons (Fsp3) is 0.361. The number of hydrogen-bond acceptors (Lipinski definition) is 5. The van der Waals surface area contributed by atoms with Crippen molar-refractivity contribution < 1.29 is 19.1 Å². The zero-order chi connectivity index (χ0) is 32.1. The summed E-state index contributed by atoms with van der Waals surface area (Å²) in [5.74, 6) is 2.07. The number of amides is 3. The number of aryl methyl sites for hydroxylation is 1. The van der Waals surface area contributed by atoms with E-state index in [1.54, 1.807) is 31.0 Å². The van der Waals surface area contributed by atoms with E-state index in [9.17, 15) is 9.59 Å². The van der Waals surface area contributed by atoms with Gasteiger partial charge in [-0.05, 0) is 74.1 Å².